The summed E-state index contributed by atoms with van der Waals surface area (Å²) < 4.78 is 7.81. The third-order valence-electron chi connectivity index (χ3n) is 4.69. The molecule has 0 atom stereocenters. The molecule has 0 aliphatic carbocycles. The Morgan fingerprint density at radius 3 is 2.62 bits per heavy atom. The lowest BCUT2D eigenvalue weighted by atomic mass is 10.2. The number of hydrogen-bond donors (Lipinski definition) is 0. The number of hydrogen-bond acceptors (Lipinski definition) is 4. The van der Waals surface area contributed by atoms with Gasteiger partial charge in [-0.05, 0) is 31.2 Å². The molecule has 0 fully saturated rings. The highest BCUT2D eigenvalue weighted by Crippen LogP contribution is 2.29. The van der Waals surface area contributed by atoms with Crippen molar-refractivity contribution in [3.8, 4) is 11.5 Å². The number of carbonyl (C=O) groups is 1. The van der Waals surface area contributed by atoms with Gasteiger partial charge in [0.25, 0.3) is 5.91 Å². The van der Waals surface area contributed by atoms with Gasteiger partial charge in [-0.3, -0.25) is 9.69 Å². The van der Waals surface area contributed by atoms with Crippen LogP contribution < -0.4 is 4.90 Å². The molecule has 6 heteroatoms. The van der Waals surface area contributed by atoms with E-state index in [9.17, 15) is 4.79 Å². The lowest BCUT2D eigenvalue weighted by Gasteiger charge is -2.12. The van der Waals surface area contributed by atoms with E-state index in [1.165, 1.54) is 0 Å². The lowest BCUT2D eigenvalue weighted by molar-refractivity contribution is 0.0983. The average Bonchev–Trinajstić information content (AvgIpc) is 3.35. The molecule has 0 saturated heterocycles. The fourth-order valence-corrected chi connectivity index (χ4v) is 3.41. The van der Waals surface area contributed by atoms with Crippen LogP contribution in [0.25, 0.3) is 22.5 Å². The largest absolute Gasteiger partial charge is 0.441 e. The van der Waals surface area contributed by atoms with Gasteiger partial charge in [-0.1, -0.05) is 30.3 Å². The predicted molar refractivity (Wildman–Crippen MR) is 98.1 cm³/mol. The topological polar surface area (TPSA) is 64.2 Å². The van der Waals surface area contributed by atoms with E-state index >= 15 is 0 Å². The third-order valence-corrected chi connectivity index (χ3v) is 4.69. The van der Waals surface area contributed by atoms with Gasteiger partial charge in [0.2, 0.25) is 11.8 Å². The Morgan fingerprint density at radius 2 is 1.77 bits per heavy atom. The molecular weight excluding hydrogens is 328 g/mol. The van der Waals surface area contributed by atoms with Crippen molar-refractivity contribution >= 4 is 22.9 Å². The summed E-state index contributed by atoms with van der Waals surface area (Å²) in [7, 11) is 0. The van der Waals surface area contributed by atoms with Crippen molar-refractivity contribution in [2.24, 2.45) is 0 Å². The SMILES string of the molecule is Cc1oc(-c2ccccc2)nc1C(=O)N1CCn2c1nc1ccccc12. The minimum absolute atomic E-state index is 0.178. The highest BCUT2D eigenvalue weighted by atomic mass is 16.4. The smallest absolute Gasteiger partial charge is 0.282 e. The number of rotatable bonds is 2. The number of imidazole rings is 1. The summed E-state index contributed by atoms with van der Waals surface area (Å²) in [6.45, 7) is 3.08. The van der Waals surface area contributed by atoms with Crippen molar-refractivity contribution in [3.05, 3.63) is 66.1 Å². The van der Waals surface area contributed by atoms with Crippen LogP contribution in [-0.4, -0.2) is 27.0 Å². The number of amides is 1. The molecule has 5 rings (SSSR count). The van der Waals surface area contributed by atoms with Crippen LogP contribution in [0.3, 0.4) is 0 Å². The summed E-state index contributed by atoms with van der Waals surface area (Å²) in [6.07, 6.45) is 0. The second-order valence-electron chi connectivity index (χ2n) is 6.30. The molecule has 3 heterocycles. The minimum atomic E-state index is -0.178. The summed E-state index contributed by atoms with van der Waals surface area (Å²) in [5.41, 5.74) is 3.12. The zero-order valence-corrected chi connectivity index (χ0v) is 14.2. The van der Waals surface area contributed by atoms with Crippen molar-refractivity contribution in [1.29, 1.82) is 0 Å². The van der Waals surface area contributed by atoms with Gasteiger partial charge in [-0.2, -0.15) is 0 Å². The molecule has 0 N–H and O–H groups in total. The van der Waals surface area contributed by atoms with Gasteiger partial charge in [-0.15, -0.1) is 0 Å². The molecule has 26 heavy (non-hydrogen) atoms. The van der Waals surface area contributed by atoms with Crippen molar-refractivity contribution in [2.75, 3.05) is 11.4 Å². The van der Waals surface area contributed by atoms with Gasteiger partial charge in [0.15, 0.2) is 5.69 Å². The summed E-state index contributed by atoms with van der Waals surface area (Å²) >= 11 is 0. The van der Waals surface area contributed by atoms with Crippen LogP contribution in [0.15, 0.2) is 59.0 Å². The molecule has 0 spiro atoms. The Kier molecular flexibility index (Phi) is 3.18. The molecule has 6 nitrogen and oxygen atoms in total. The molecule has 4 aromatic rings. The summed E-state index contributed by atoms with van der Waals surface area (Å²) in [5.74, 6) is 1.46. The fraction of sp³-hybridized carbons (Fsp3) is 0.150. The van der Waals surface area contributed by atoms with E-state index < -0.39 is 0 Å². The Balaban J connectivity index is 1.53. The molecular formula is C20H16N4O2. The predicted octanol–water partition coefficient (Wildman–Crippen LogP) is 3.66. The molecule has 0 unspecified atom stereocenters. The van der Waals surface area contributed by atoms with E-state index in [4.69, 9.17) is 4.42 Å². The van der Waals surface area contributed by atoms with Gasteiger partial charge < -0.3 is 8.98 Å². The van der Waals surface area contributed by atoms with Crippen LogP contribution in [0.5, 0.6) is 0 Å². The minimum Gasteiger partial charge on any atom is -0.441 e. The Bertz CT molecular complexity index is 1130. The number of aryl methyl sites for hydroxylation is 1. The van der Waals surface area contributed by atoms with Gasteiger partial charge in [-0.25, -0.2) is 9.97 Å². The van der Waals surface area contributed by atoms with Crippen LogP contribution in [0.4, 0.5) is 5.95 Å². The van der Waals surface area contributed by atoms with E-state index in [0.29, 0.717) is 29.8 Å². The number of oxazole rings is 1. The van der Waals surface area contributed by atoms with Gasteiger partial charge in [0, 0.05) is 18.7 Å². The molecule has 2 aromatic heterocycles. The first kappa shape index (κ1) is 14.9. The fourth-order valence-electron chi connectivity index (χ4n) is 3.41. The zero-order chi connectivity index (χ0) is 17.7. The standard InChI is InChI=1S/C20H16N4O2/c1-13-17(22-18(26-13)14-7-3-2-4-8-14)19(25)24-12-11-23-16-10-6-5-9-15(16)21-20(23)24/h2-10H,11-12H2,1H3. The molecule has 1 aliphatic rings. The summed E-state index contributed by atoms with van der Waals surface area (Å²) in [4.78, 5) is 23.9. The second kappa shape index (κ2) is 5.56. The third kappa shape index (κ3) is 2.15. The van der Waals surface area contributed by atoms with Gasteiger partial charge >= 0.3 is 0 Å². The van der Waals surface area contributed by atoms with Crippen LogP contribution >= 0.6 is 0 Å². The highest BCUT2D eigenvalue weighted by Gasteiger charge is 2.32. The summed E-state index contributed by atoms with van der Waals surface area (Å²) in [5, 5.41) is 0. The zero-order valence-electron chi connectivity index (χ0n) is 14.2. The van der Waals surface area contributed by atoms with E-state index in [0.717, 1.165) is 23.1 Å². The Hall–Kier alpha value is -3.41. The number of benzene rings is 2. The van der Waals surface area contributed by atoms with Crippen LogP contribution in [0.2, 0.25) is 0 Å². The highest BCUT2D eigenvalue weighted by molar-refractivity contribution is 6.06. The second-order valence-corrected chi connectivity index (χ2v) is 6.30. The quantitative estimate of drug-likeness (QED) is 0.557. The lowest BCUT2D eigenvalue weighted by Crippen LogP contribution is -2.30. The maximum absolute atomic E-state index is 13.1. The van der Waals surface area contributed by atoms with Gasteiger partial charge in [0.05, 0.1) is 11.0 Å². The molecule has 0 saturated carbocycles. The first-order valence-electron chi connectivity index (χ1n) is 8.52. The van der Waals surface area contributed by atoms with Crippen molar-refractivity contribution in [1.82, 2.24) is 14.5 Å². The number of carbonyl (C=O) groups excluding carboxylic acids is 1. The van der Waals surface area contributed by atoms with E-state index in [2.05, 4.69) is 14.5 Å². The monoisotopic (exact) mass is 344 g/mol. The van der Waals surface area contributed by atoms with Crippen molar-refractivity contribution < 1.29 is 9.21 Å². The van der Waals surface area contributed by atoms with Crippen molar-refractivity contribution in [3.63, 3.8) is 0 Å². The van der Waals surface area contributed by atoms with Crippen LogP contribution in [0.1, 0.15) is 16.2 Å². The molecule has 0 radical (unpaired) electrons. The molecule has 1 aliphatic heterocycles. The number of aromatic nitrogens is 3. The molecule has 128 valence electrons. The Labute approximate surface area is 149 Å². The van der Waals surface area contributed by atoms with Crippen LogP contribution in [-0.2, 0) is 6.54 Å². The summed E-state index contributed by atoms with van der Waals surface area (Å²) in [6, 6.07) is 17.5. The van der Waals surface area contributed by atoms with E-state index in [1.54, 1.807) is 11.8 Å². The van der Waals surface area contributed by atoms with Gasteiger partial charge in [0.1, 0.15) is 5.76 Å². The van der Waals surface area contributed by atoms with Crippen molar-refractivity contribution in [2.45, 2.75) is 13.5 Å². The first-order chi connectivity index (χ1) is 12.7. The number of fused-ring (bicyclic) bond motifs is 3. The average molecular weight is 344 g/mol. The normalized spacial score (nSPS) is 13.3. The maximum atomic E-state index is 13.1. The first-order valence-corrected chi connectivity index (χ1v) is 8.52. The molecule has 2 aromatic carbocycles. The Morgan fingerprint density at radius 1 is 1.00 bits per heavy atom. The van der Waals surface area contributed by atoms with E-state index in [-0.39, 0.29) is 5.91 Å². The maximum Gasteiger partial charge on any atom is 0.282 e. The molecule has 0 bridgehead atoms. The molecule has 1 amide bonds. The van der Waals surface area contributed by atoms with Crippen LogP contribution in [0, 0.1) is 6.92 Å². The van der Waals surface area contributed by atoms with E-state index in [1.807, 2.05) is 54.6 Å². The number of anilines is 1. The number of nitrogens with zero attached hydrogens (tertiary/aromatic N) is 4. The number of para-hydroxylation sites is 2.